The van der Waals surface area contributed by atoms with Crippen molar-refractivity contribution in [2.45, 2.75) is 42.9 Å². The zero-order valence-corrected chi connectivity index (χ0v) is 18.7. The topological polar surface area (TPSA) is 90.9 Å². The van der Waals surface area contributed by atoms with E-state index in [2.05, 4.69) is 30.3 Å². The Balaban J connectivity index is 1.29. The van der Waals surface area contributed by atoms with Crippen LogP contribution in [0.3, 0.4) is 0 Å². The Morgan fingerprint density at radius 1 is 1.03 bits per heavy atom. The maximum Gasteiger partial charge on any atom is 0.247 e. The summed E-state index contributed by atoms with van der Waals surface area (Å²) in [5, 5.41) is 21.1. The maximum atomic E-state index is 13.2. The minimum atomic E-state index is -0.266. The van der Waals surface area contributed by atoms with Gasteiger partial charge in [0.15, 0.2) is 11.0 Å². The number of thioether (sulfide) groups is 1. The molecule has 0 radical (unpaired) electrons. The van der Waals surface area contributed by atoms with E-state index in [-0.39, 0.29) is 11.9 Å². The van der Waals surface area contributed by atoms with Crippen LogP contribution < -0.4 is 5.32 Å². The SMILES string of the molecule is Fc1ccc(NCc2nnc(SCc3nnc(-c4ccccc4)o3)n2C[C@H]2CCCO2)cc1. The average molecular weight is 467 g/mol. The predicted octanol–water partition coefficient (Wildman–Crippen LogP) is 4.55. The van der Waals surface area contributed by atoms with Gasteiger partial charge < -0.3 is 19.0 Å². The van der Waals surface area contributed by atoms with Crippen LogP contribution >= 0.6 is 11.8 Å². The molecule has 0 spiro atoms. The summed E-state index contributed by atoms with van der Waals surface area (Å²) >= 11 is 1.50. The highest BCUT2D eigenvalue weighted by atomic mass is 32.2. The van der Waals surface area contributed by atoms with Crippen molar-refractivity contribution in [3.05, 3.63) is 72.1 Å². The Kier molecular flexibility index (Phi) is 6.63. The van der Waals surface area contributed by atoms with E-state index < -0.39 is 0 Å². The second kappa shape index (κ2) is 10.1. The first-order valence-electron chi connectivity index (χ1n) is 10.8. The summed E-state index contributed by atoms with van der Waals surface area (Å²) in [5.74, 6) is 2.02. The van der Waals surface area contributed by atoms with E-state index >= 15 is 0 Å². The first-order valence-corrected chi connectivity index (χ1v) is 11.8. The van der Waals surface area contributed by atoms with E-state index in [1.807, 2.05) is 30.3 Å². The van der Waals surface area contributed by atoms with Gasteiger partial charge in [0.1, 0.15) is 5.82 Å². The Morgan fingerprint density at radius 3 is 2.67 bits per heavy atom. The molecule has 8 nitrogen and oxygen atoms in total. The number of rotatable bonds is 9. The highest BCUT2D eigenvalue weighted by Crippen LogP contribution is 2.26. The van der Waals surface area contributed by atoms with Crippen LogP contribution in [0.2, 0.25) is 0 Å². The van der Waals surface area contributed by atoms with Crippen molar-refractivity contribution < 1.29 is 13.5 Å². The van der Waals surface area contributed by atoms with Gasteiger partial charge in [0.25, 0.3) is 0 Å². The molecule has 0 amide bonds. The lowest BCUT2D eigenvalue weighted by Crippen LogP contribution is -2.19. The van der Waals surface area contributed by atoms with Gasteiger partial charge in [0, 0.05) is 17.9 Å². The van der Waals surface area contributed by atoms with Crippen molar-refractivity contribution in [2.24, 2.45) is 0 Å². The van der Waals surface area contributed by atoms with Crippen LogP contribution in [0.4, 0.5) is 10.1 Å². The molecule has 3 heterocycles. The summed E-state index contributed by atoms with van der Waals surface area (Å²) in [6.45, 7) is 1.92. The molecular weight excluding hydrogens is 443 g/mol. The number of nitrogens with one attached hydrogen (secondary N) is 1. The lowest BCUT2D eigenvalue weighted by molar-refractivity contribution is 0.0942. The highest BCUT2D eigenvalue weighted by molar-refractivity contribution is 7.98. The Labute approximate surface area is 194 Å². The molecule has 0 unspecified atom stereocenters. The number of ether oxygens (including phenoxy) is 1. The molecule has 1 N–H and O–H groups in total. The molecular formula is C23H23FN6O2S. The molecule has 170 valence electrons. The third-order valence-corrected chi connectivity index (χ3v) is 6.26. The molecule has 1 fully saturated rings. The van der Waals surface area contributed by atoms with E-state index in [0.717, 1.165) is 41.7 Å². The third kappa shape index (κ3) is 5.40. The Morgan fingerprint density at radius 2 is 1.88 bits per heavy atom. The number of anilines is 1. The molecule has 2 aromatic heterocycles. The number of benzene rings is 2. The number of hydrogen-bond donors (Lipinski definition) is 1. The van der Waals surface area contributed by atoms with Crippen molar-refractivity contribution in [3.8, 4) is 11.5 Å². The van der Waals surface area contributed by atoms with E-state index in [9.17, 15) is 4.39 Å². The van der Waals surface area contributed by atoms with Gasteiger partial charge in [-0.25, -0.2) is 4.39 Å². The fraction of sp³-hybridized carbons (Fsp3) is 0.304. The summed E-state index contributed by atoms with van der Waals surface area (Å²) in [7, 11) is 0. The molecule has 1 aliphatic rings. The minimum absolute atomic E-state index is 0.137. The molecule has 1 aliphatic heterocycles. The van der Waals surface area contributed by atoms with Gasteiger partial charge in [-0.15, -0.1) is 20.4 Å². The van der Waals surface area contributed by atoms with E-state index in [1.54, 1.807) is 12.1 Å². The smallest absolute Gasteiger partial charge is 0.247 e. The van der Waals surface area contributed by atoms with Crippen LogP contribution in [0.1, 0.15) is 24.6 Å². The summed E-state index contributed by atoms with van der Waals surface area (Å²) in [5.41, 5.74) is 1.70. The first-order chi connectivity index (χ1) is 16.2. The van der Waals surface area contributed by atoms with Crippen molar-refractivity contribution in [1.82, 2.24) is 25.0 Å². The molecule has 0 aliphatic carbocycles. The number of aromatic nitrogens is 5. The van der Waals surface area contributed by atoms with Crippen LogP contribution in [0, 0.1) is 5.82 Å². The second-order valence-electron chi connectivity index (χ2n) is 7.66. The summed E-state index contributed by atoms with van der Waals surface area (Å²) < 4.78 is 26.9. The number of halogens is 1. The number of nitrogens with zero attached hydrogens (tertiary/aromatic N) is 5. The third-order valence-electron chi connectivity index (χ3n) is 5.31. The van der Waals surface area contributed by atoms with Gasteiger partial charge >= 0.3 is 0 Å². The Bertz CT molecular complexity index is 1180. The van der Waals surface area contributed by atoms with Crippen LogP contribution in [0.5, 0.6) is 0 Å². The minimum Gasteiger partial charge on any atom is -0.420 e. The second-order valence-corrected chi connectivity index (χ2v) is 8.60. The molecule has 0 saturated carbocycles. The largest absolute Gasteiger partial charge is 0.420 e. The summed E-state index contributed by atoms with van der Waals surface area (Å²) in [6.07, 6.45) is 2.21. The fourth-order valence-corrected chi connectivity index (χ4v) is 4.42. The monoisotopic (exact) mass is 466 g/mol. The molecule has 10 heteroatoms. The quantitative estimate of drug-likeness (QED) is 0.359. The molecule has 1 atom stereocenters. The fourth-order valence-electron chi connectivity index (χ4n) is 3.62. The standard InChI is InChI=1S/C23H23FN6O2S/c24-17-8-10-18(11-9-17)25-13-20-26-29-23(30(20)14-19-7-4-12-31-19)33-15-21-27-28-22(32-21)16-5-2-1-3-6-16/h1-3,5-6,8-11,19,25H,4,7,12-15H2/t19-/m1/s1. The van der Waals surface area contributed by atoms with E-state index in [0.29, 0.717) is 30.6 Å². The molecule has 0 bridgehead atoms. The highest BCUT2D eigenvalue weighted by Gasteiger charge is 2.21. The Hall–Kier alpha value is -3.24. The van der Waals surface area contributed by atoms with Gasteiger partial charge in [-0.05, 0) is 49.2 Å². The van der Waals surface area contributed by atoms with Crippen molar-refractivity contribution >= 4 is 17.4 Å². The number of hydrogen-bond acceptors (Lipinski definition) is 8. The first kappa shape index (κ1) is 21.6. The molecule has 5 rings (SSSR count). The van der Waals surface area contributed by atoms with Crippen LogP contribution in [-0.4, -0.2) is 37.7 Å². The molecule has 1 saturated heterocycles. The van der Waals surface area contributed by atoms with Crippen LogP contribution in [-0.2, 0) is 23.6 Å². The molecule has 4 aromatic rings. The molecule has 33 heavy (non-hydrogen) atoms. The predicted molar refractivity (Wildman–Crippen MR) is 122 cm³/mol. The lowest BCUT2D eigenvalue weighted by Gasteiger charge is -2.15. The lowest BCUT2D eigenvalue weighted by atomic mass is 10.2. The van der Waals surface area contributed by atoms with Gasteiger partial charge in [0.2, 0.25) is 11.8 Å². The van der Waals surface area contributed by atoms with Crippen LogP contribution in [0.15, 0.2) is 64.2 Å². The summed E-state index contributed by atoms with van der Waals surface area (Å²) in [4.78, 5) is 0. The van der Waals surface area contributed by atoms with Crippen LogP contribution in [0.25, 0.3) is 11.5 Å². The van der Waals surface area contributed by atoms with Gasteiger partial charge in [-0.1, -0.05) is 30.0 Å². The normalized spacial score (nSPS) is 15.7. The van der Waals surface area contributed by atoms with Crippen molar-refractivity contribution in [1.29, 1.82) is 0 Å². The van der Waals surface area contributed by atoms with Gasteiger partial charge in [-0.2, -0.15) is 0 Å². The van der Waals surface area contributed by atoms with Crippen molar-refractivity contribution in [3.63, 3.8) is 0 Å². The van der Waals surface area contributed by atoms with Crippen molar-refractivity contribution in [2.75, 3.05) is 11.9 Å². The zero-order valence-electron chi connectivity index (χ0n) is 17.9. The van der Waals surface area contributed by atoms with E-state index in [1.165, 1.54) is 23.9 Å². The summed E-state index contributed by atoms with van der Waals surface area (Å²) in [6, 6.07) is 15.9. The zero-order chi connectivity index (χ0) is 22.5. The van der Waals surface area contributed by atoms with Gasteiger partial charge in [-0.3, -0.25) is 0 Å². The maximum absolute atomic E-state index is 13.2. The van der Waals surface area contributed by atoms with E-state index in [4.69, 9.17) is 9.15 Å². The molecule has 2 aromatic carbocycles. The average Bonchev–Trinajstić information content (AvgIpc) is 3.61. The van der Waals surface area contributed by atoms with Gasteiger partial charge in [0.05, 0.1) is 24.9 Å².